The van der Waals surface area contributed by atoms with E-state index in [2.05, 4.69) is 16.0 Å². The second-order valence-corrected chi connectivity index (χ2v) is 9.62. The van der Waals surface area contributed by atoms with Crippen molar-refractivity contribution in [3.8, 4) is 11.5 Å². The largest absolute Gasteiger partial charge is 0.497 e. The van der Waals surface area contributed by atoms with Crippen LogP contribution in [0.4, 0.5) is 10.5 Å². The van der Waals surface area contributed by atoms with Gasteiger partial charge in [-0.1, -0.05) is 30.3 Å². The molecule has 11 heteroatoms. The predicted octanol–water partition coefficient (Wildman–Crippen LogP) is 4.09. The van der Waals surface area contributed by atoms with Gasteiger partial charge in [0.1, 0.15) is 17.5 Å². The van der Waals surface area contributed by atoms with Gasteiger partial charge in [0, 0.05) is 28.9 Å². The first-order chi connectivity index (χ1) is 18.9. The number of urea groups is 1. The zero-order valence-corrected chi connectivity index (χ0v) is 22.1. The van der Waals surface area contributed by atoms with E-state index in [0.717, 1.165) is 21.2 Å². The number of thiophene rings is 1. The Morgan fingerprint density at radius 3 is 2.46 bits per heavy atom. The van der Waals surface area contributed by atoms with E-state index in [-0.39, 0.29) is 13.0 Å². The highest BCUT2D eigenvalue weighted by molar-refractivity contribution is 7.20. The van der Waals surface area contributed by atoms with E-state index in [0.29, 0.717) is 22.1 Å². The number of rotatable bonds is 10. The van der Waals surface area contributed by atoms with Crippen molar-refractivity contribution in [3.05, 3.63) is 88.8 Å². The molecule has 0 aliphatic carbocycles. The maximum Gasteiger partial charge on any atom is 0.315 e. The van der Waals surface area contributed by atoms with Gasteiger partial charge in [0.25, 0.3) is 5.91 Å². The van der Waals surface area contributed by atoms with Gasteiger partial charge in [0.2, 0.25) is 5.91 Å². The van der Waals surface area contributed by atoms with Crippen molar-refractivity contribution in [2.75, 3.05) is 19.5 Å². The summed E-state index contributed by atoms with van der Waals surface area (Å²) in [5.74, 6) is 0.210. The number of hydrogen-bond acceptors (Lipinski definition) is 7. The second kappa shape index (κ2) is 12.8. The van der Waals surface area contributed by atoms with Crippen LogP contribution in [0.25, 0.3) is 10.1 Å². The zero-order chi connectivity index (χ0) is 27.8. The van der Waals surface area contributed by atoms with E-state index < -0.39 is 23.9 Å². The molecule has 1 atom stereocenters. The van der Waals surface area contributed by atoms with E-state index >= 15 is 0 Å². The van der Waals surface area contributed by atoms with E-state index in [1.54, 1.807) is 62.2 Å². The third kappa shape index (κ3) is 7.03. The van der Waals surface area contributed by atoms with Crippen LogP contribution in [-0.2, 0) is 17.8 Å². The average molecular weight is 549 g/mol. The Bertz CT molecular complexity index is 1470. The molecule has 0 radical (unpaired) electrons. The van der Waals surface area contributed by atoms with Crippen molar-refractivity contribution in [2.24, 2.45) is 0 Å². The Labute approximate surface area is 228 Å². The topological polar surface area (TPSA) is 138 Å². The molecule has 0 fully saturated rings. The van der Waals surface area contributed by atoms with Crippen molar-refractivity contribution in [1.29, 1.82) is 0 Å². The fraction of sp³-hybridized carbons (Fsp3) is 0.179. The molecule has 4 rings (SSSR count). The number of fused-ring (bicyclic) bond motifs is 1. The lowest BCUT2D eigenvalue weighted by Crippen LogP contribution is -2.49. The first-order valence-corrected chi connectivity index (χ1v) is 12.8. The first-order valence-electron chi connectivity index (χ1n) is 12.0. The molecule has 3 aromatic carbocycles. The van der Waals surface area contributed by atoms with Crippen molar-refractivity contribution >= 4 is 45.0 Å². The number of benzene rings is 3. The highest BCUT2D eigenvalue weighted by Crippen LogP contribution is 2.28. The maximum absolute atomic E-state index is 13.3. The molecule has 1 aromatic heterocycles. The zero-order valence-electron chi connectivity index (χ0n) is 21.3. The van der Waals surface area contributed by atoms with Gasteiger partial charge in [0.05, 0.1) is 19.1 Å². The molecule has 5 N–H and O–H groups in total. The third-order valence-corrected chi connectivity index (χ3v) is 7.06. The molecule has 202 valence electrons. The highest BCUT2D eigenvalue weighted by Gasteiger charge is 2.22. The van der Waals surface area contributed by atoms with Crippen LogP contribution in [0.2, 0.25) is 0 Å². The van der Waals surface area contributed by atoms with Gasteiger partial charge in [-0.3, -0.25) is 14.8 Å². The molecule has 4 aromatic rings. The van der Waals surface area contributed by atoms with Crippen LogP contribution in [0.5, 0.6) is 11.5 Å². The number of hydrogen-bond donors (Lipinski definition) is 5. The molecular weight excluding hydrogens is 520 g/mol. The fourth-order valence-electron chi connectivity index (χ4n) is 3.98. The standard InChI is InChI=1S/C28H28N4O6S/c1-37-21-9-10-23(38-2)19(14-21)16-29-28(35)31-22(12-17-6-4-3-5-7-17)26(33)30-20-8-11-24-18(13-20)15-25(39-24)27(34)32-36/h3-11,13-15,22,36H,12,16H2,1-2H3,(H,30,33)(H,32,34)(H2,29,31,35). The van der Waals surface area contributed by atoms with E-state index in [9.17, 15) is 14.4 Å². The van der Waals surface area contributed by atoms with Gasteiger partial charge in [-0.05, 0) is 53.4 Å². The van der Waals surface area contributed by atoms with Crippen LogP contribution in [-0.4, -0.2) is 43.3 Å². The summed E-state index contributed by atoms with van der Waals surface area (Å²) in [5, 5.41) is 18.0. The second-order valence-electron chi connectivity index (χ2n) is 8.54. The summed E-state index contributed by atoms with van der Waals surface area (Å²) in [5.41, 5.74) is 3.72. The van der Waals surface area contributed by atoms with Gasteiger partial charge >= 0.3 is 6.03 Å². The number of anilines is 1. The van der Waals surface area contributed by atoms with Gasteiger partial charge in [-0.15, -0.1) is 11.3 Å². The summed E-state index contributed by atoms with van der Waals surface area (Å²) in [6, 6.07) is 20.1. The van der Waals surface area contributed by atoms with Crippen LogP contribution in [0.3, 0.4) is 0 Å². The molecule has 10 nitrogen and oxygen atoms in total. The van der Waals surface area contributed by atoms with E-state index in [1.165, 1.54) is 11.3 Å². The molecule has 0 spiro atoms. The number of carbonyl (C=O) groups is 3. The summed E-state index contributed by atoms with van der Waals surface area (Å²) < 4.78 is 11.4. The van der Waals surface area contributed by atoms with Crippen LogP contribution in [0, 0.1) is 0 Å². The smallest absolute Gasteiger partial charge is 0.315 e. The van der Waals surface area contributed by atoms with E-state index in [4.69, 9.17) is 14.7 Å². The minimum Gasteiger partial charge on any atom is -0.497 e. The summed E-state index contributed by atoms with van der Waals surface area (Å²) >= 11 is 1.22. The lowest BCUT2D eigenvalue weighted by atomic mass is 10.1. The van der Waals surface area contributed by atoms with E-state index in [1.807, 2.05) is 30.3 Å². The van der Waals surface area contributed by atoms with Gasteiger partial charge in [-0.2, -0.15) is 0 Å². The number of nitrogens with one attached hydrogen (secondary N) is 4. The predicted molar refractivity (Wildman–Crippen MR) is 149 cm³/mol. The Morgan fingerprint density at radius 1 is 0.949 bits per heavy atom. The summed E-state index contributed by atoms with van der Waals surface area (Å²) in [6.07, 6.45) is 0.268. The molecule has 4 amide bonds. The van der Waals surface area contributed by atoms with Crippen LogP contribution in [0.1, 0.15) is 20.8 Å². The van der Waals surface area contributed by atoms with Crippen molar-refractivity contribution in [2.45, 2.75) is 19.0 Å². The fourth-order valence-corrected chi connectivity index (χ4v) is 4.91. The molecule has 0 aliphatic heterocycles. The average Bonchev–Trinajstić information content (AvgIpc) is 3.39. The van der Waals surface area contributed by atoms with Gasteiger partial charge < -0.3 is 25.4 Å². The number of ether oxygens (including phenoxy) is 2. The normalized spacial score (nSPS) is 11.4. The van der Waals surface area contributed by atoms with Crippen LogP contribution < -0.4 is 30.9 Å². The Hall–Kier alpha value is -4.61. The summed E-state index contributed by atoms with van der Waals surface area (Å²) in [4.78, 5) is 38.3. The molecule has 0 aliphatic rings. The number of carbonyl (C=O) groups excluding carboxylic acids is 3. The van der Waals surface area contributed by atoms with Crippen molar-refractivity contribution in [3.63, 3.8) is 0 Å². The maximum atomic E-state index is 13.3. The number of hydroxylamine groups is 1. The lowest BCUT2D eigenvalue weighted by molar-refractivity contribution is -0.117. The molecule has 0 saturated carbocycles. The highest BCUT2D eigenvalue weighted by atomic mass is 32.1. The lowest BCUT2D eigenvalue weighted by Gasteiger charge is -2.19. The Morgan fingerprint density at radius 2 is 1.74 bits per heavy atom. The molecule has 0 saturated heterocycles. The summed E-state index contributed by atoms with van der Waals surface area (Å²) in [6.45, 7) is 0.157. The quantitative estimate of drug-likeness (QED) is 0.150. The van der Waals surface area contributed by atoms with Gasteiger partial charge in [-0.25, -0.2) is 10.3 Å². The monoisotopic (exact) mass is 548 g/mol. The molecule has 1 unspecified atom stereocenters. The third-order valence-electron chi connectivity index (χ3n) is 5.94. The van der Waals surface area contributed by atoms with Crippen LogP contribution in [0.15, 0.2) is 72.8 Å². The molecule has 39 heavy (non-hydrogen) atoms. The van der Waals surface area contributed by atoms with Gasteiger partial charge in [0.15, 0.2) is 0 Å². The van der Waals surface area contributed by atoms with Crippen LogP contribution >= 0.6 is 11.3 Å². The van der Waals surface area contributed by atoms with Crippen molar-refractivity contribution in [1.82, 2.24) is 16.1 Å². The molecular formula is C28H28N4O6S. The SMILES string of the molecule is COc1ccc(OC)c(CNC(=O)NC(Cc2ccccc2)C(=O)Nc2ccc3sc(C(=O)NO)cc3c2)c1. The molecule has 0 bridgehead atoms. The summed E-state index contributed by atoms with van der Waals surface area (Å²) in [7, 11) is 3.10. The molecule has 1 heterocycles. The number of amides is 4. The number of methoxy groups -OCH3 is 2. The minimum absolute atomic E-state index is 0.157. The first kappa shape index (κ1) is 27.4. The Kier molecular flexibility index (Phi) is 8.97. The Balaban J connectivity index is 1.48. The van der Waals surface area contributed by atoms with Crippen molar-refractivity contribution < 1.29 is 29.1 Å². The minimum atomic E-state index is -0.881.